The molecule has 3 aromatic carbocycles. The van der Waals surface area contributed by atoms with E-state index in [0.29, 0.717) is 31.6 Å². The average molecular weight is 514 g/mol. The minimum atomic E-state index is -0.506. The van der Waals surface area contributed by atoms with Gasteiger partial charge in [0.15, 0.2) is 6.23 Å². The lowest BCUT2D eigenvalue weighted by Crippen LogP contribution is -2.54. The summed E-state index contributed by atoms with van der Waals surface area (Å²) in [6, 6.07) is 24.8. The fourth-order valence-electron chi connectivity index (χ4n) is 5.08. The number of nitrogens with one attached hydrogen (secondary N) is 2. The van der Waals surface area contributed by atoms with Gasteiger partial charge in [-0.05, 0) is 55.0 Å². The molecule has 2 atom stereocenters. The molecular weight excluding hydrogens is 474 g/mol. The molecule has 0 spiro atoms. The first-order valence-corrected chi connectivity index (χ1v) is 13.5. The molecule has 4 rings (SSSR count). The number of amides is 2. The van der Waals surface area contributed by atoms with Gasteiger partial charge in [-0.1, -0.05) is 72.3 Å². The van der Waals surface area contributed by atoms with E-state index in [2.05, 4.69) is 41.8 Å². The lowest BCUT2D eigenvalue weighted by molar-refractivity contribution is -0.134. The van der Waals surface area contributed by atoms with Crippen molar-refractivity contribution >= 4 is 11.8 Å². The first-order valence-electron chi connectivity index (χ1n) is 13.5. The van der Waals surface area contributed by atoms with Gasteiger partial charge < -0.3 is 20.3 Å². The highest BCUT2D eigenvalue weighted by Gasteiger charge is 2.26. The maximum Gasteiger partial charge on any atom is 0.223 e. The number of carbonyl (C=O) groups is 2. The van der Waals surface area contributed by atoms with Crippen LogP contribution in [0.4, 0.5) is 0 Å². The summed E-state index contributed by atoms with van der Waals surface area (Å²) in [7, 11) is 0. The Balaban J connectivity index is 1.45. The minimum Gasteiger partial charge on any atom is -0.470 e. The largest absolute Gasteiger partial charge is 0.470 e. The zero-order valence-electron chi connectivity index (χ0n) is 22.7. The maximum atomic E-state index is 13.4. The van der Waals surface area contributed by atoms with Crippen molar-refractivity contribution in [3.05, 3.63) is 101 Å². The maximum absolute atomic E-state index is 13.4. The van der Waals surface area contributed by atoms with Crippen molar-refractivity contribution in [2.75, 3.05) is 19.6 Å². The topological polar surface area (TPSA) is 70.7 Å². The molecule has 1 fully saturated rings. The number of nitrogens with zero attached hydrogens (tertiary/aromatic N) is 1. The number of rotatable bonds is 10. The van der Waals surface area contributed by atoms with E-state index >= 15 is 0 Å². The van der Waals surface area contributed by atoms with Crippen molar-refractivity contribution in [2.24, 2.45) is 0 Å². The summed E-state index contributed by atoms with van der Waals surface area (Å²) in [5.74, 6) is 0.734. The number of piperazine rings is 1. The number of carbonyl (C=O) groups excluding carboxylic acids is 2. The van der Waals surface area contributed by atoms with Crippen LogP contribution in [-0.4, -0.2) is 48.6 Å². The third-order valence-corrected chi connectivity index (χ3v) is 6.95. The number of hydrogen-bond acceptors (Lipinski definition) is 4. The summed E-state index contributed by atoms with van der Waals surface area (Å²) in [6.45, 7) is 7.90. The van der Waals surface area contributed by atoms with E-state index in [1.165, 1.54) is 12.5 Å². The van der Waals surface area contributed by atoms with Crippen molar-refractivity contribution in [3.63, 3.8) is 0 Å². The van der Waals surface area contributed by atoms with Gasteiger partial charge >= 0.3 is 0 Å². The molecule has 0 aromatic heterocycles. The molecule has 0 aliphatic carbocycles. The van der Waals surface area contributed by atoms with Gasteiger partial charge in [0.25, 0.3) is 0 Å². The van der Waals surface area contributed by atoms with Crippen LogP contribution in [0.2, 0.25) is 0 Å². The Hall–Kier alpha value is -3.64. The van der Waals surface area contributed by atoms with Gasteiger partial charge in [-0.25, -0.2) is 0 Å². The van der Waals surface area contributed by atoms with Crippen LogP contribution in [0.5, 0.6) is 5.75 Å². The number of benzene rings is 3. The van der Waals surface area contributed by atoms with Crippen molar-refractivity contribution in [1.29, 1.82) is 0 Å². The molecule has 2 N–H and O–H groups in total. The highest BCUT2D eigenvalue weighted by Crippen LogP contribution is 2.25. The van der Waals surface area contributed by atoms with Crippen LogP contribution < -0.4 is 15.4 Å². The second-order valence-electron chi connectivity index (χ2n) is 10.2. The molecule has 0 bridgehead atoms. The summed E-state index contributed by atoms with van der Waals surface area (Å²) in [5.41, 5.74) is 5.54. The van der Waals surface area contributed by atoms with Crippen LogP contribution in [0, 0.1) is 13.8 Å². The summed E-state index contributed by atoms with van der Waals surface area (Å²) >= 11 is 0. The molecule has 200 valence electrons. The van der Waals surface area contributed by atoms with Gasteiger partial charge in [-0.3, -0.25) is 9.59 Å². The van der Waals surface area contributed by atoms with Gasteiger partial charge in [0.1, 0.15) is 5.75 Å². The summed E-state index contributed by atoms with van der Waals surface area (Å²) < 4.78 is 6.39. The van der Waals surface area contributed by atoms with Crippen LogP contribution in [0.15, 0.2) is 72.8 Å². The second kappa shape index (κ2) is 13.2. The molecule has 3 aromatic rings. The number of aryl methyl sites for hydroxylation is 3. The molecule has 38 heavy (non-hydrogen) atoms. The molecule has 0 saturated carbocycles. The molecule has 1 heterocycles. The highest BCUT2D eigenvalue weighted by atomic mass is 16.5. The van der Waals surface area contributed by atoms with Gasteiger partial charge in [0.2, 0.25) is 11.8 Å². The Morgan fingerprint density at radius 2 is 1.76 bits per heavy atom. The first-order chi connectivity index (χ1) is 18.4. The molecule has 1 saturated heterocycles. The molecular formula is C32H39N3O3. The zero-order chi connectivity index (χ0) is 26.9. The summed E-state index contributed by atoms with van der Waals surface area (Å²) in [5, 5.41) is 6.39. The fraction of sp³-hybridized carbons (Fsp3) is 0.375. The van der Waals surface area contributed by atoms with Crippen LogP contribution in [0.3, 0.4) is 0 Å². The lowest BCUT2D eigenvalue weighted by Gasteiger charge is -2.36. The van der Waals surface area contributed by atoms with E-state index in [1.807, 2.05) is 60.4 Å². The minimum absolute atomic E-state index is 0.143. The quantitative estimate of drug-likeness (QED) is 0.395. The fourth-order valence-corrected chi connectivity index (χ4v) is 5.08. The third kappa shape index (κ3) is 7.93. The van der Waals surface area contributed by atoms with E-state index in [-0.39, 0.29) is 17.9 Å². The van der Waals surface area contributed by atoms with E-state index < -0.39 is 6.23 Å². The van der Waals surface area contributed by atoms with Gasteiger partial charge in [0.05, 0.1) is 0 Å². The molecule has 2 amide bonds. The monoisotopic (exact) mass is 513 g/mol. The second-order valence-corrected chi connectivity index (χ2v) is 10.2. The highest BCUT2D eigenvalue weighted by molar-refractivity contribution is 5.77. The standard InChI is InChI=1S/C32H39N3O3/c1-23-8-7-11-27(18-23)21-31(34-25(3)36)38-30-19-24(2)12-13-28(30)14-15-32(37)35-17-16-33-22-29(35)20-26-9-5-4-6-10-26/h4-13,18-19,29,31,33H,14-17,20-22H2,1-3H3,(H,34,36). The number of hydrogen-bond donors (Lipinski definition) is 2. The molecule has 1 aliphatic heterocycles. The van der Waals surface area contributed by atoms with E-state index in [1.54, 1.807) is 0 Å². The van der Waals surface area contributed by atoms with Crippen molar-refractivity contribution in [1.82, 2.24) is 15.5 Å². The van der Waals surface area contributed by atoms with Crippen molar-refractivity contribution in [3.8, 4) is 5.75 Å². The zero-order valence-corrected chi connectivity index (χ0v) is 22.7. The predicted molar refractivity (Wildman–Crippen MR) is 151 cm³/mol. The lowest BCUT2D eigenvalue weighted by atomic mass is 10.0. The van der Waals surface area contributed by atoms with Crippen LogP contribution in [0.1, 0.15) is 41.2 Å². The van der Waals surface area contributed by atoms with E-state index in [4.69, 9.17) is 4.74 Å². The Morgan fingerprint density at radius 1 is 1.00 bits per heavy atom. The average Bonchev–Trinajstić information content (AvgIpc) is 2.88. The van der Waals surface area contributed by atoms with E-state index in [0.717, 1.165) is 41.8 Å². The van der Waals surface area contributed by atoms with Crippen molar-refractivity contribution in [2.45, 2.75) is 58.7 Å². The molecule has 6 nitrogen and oxygen atoms in total. The van der Waals surface area contributed by atoms with Crippen LogP contribution in [0.25, 0.3) is 0 Å². The Kier molecular flexibility index (Phi) is 9.55. The third-order valence-electron chi connectivity index (χ3n) is 6.95. The van der Waals surface area contributed by atoms with Crippen LogP contribution >= 0.6 is 0 Å². The van der Waals surface area contributed by atoms with Gasteiger partial charge in [0, 0.05) is 45.4 Å². The van der Waals surface area contributed by atoms with Crippen LogP contribution in [-0.2, 0) is 28.9 Å². The Labute approximate surface area is 226 Å². The van der Waals surface area contributed by atoms with E-state index in [9.17, 15) is 9.59 Å². The predicted octanol–water partition coefficient (Wildman–Crippen LogP) is 4.36. The molecule has 2 unspecified atom stereocenters. The number of ether oxygens (including phenoxy) is 1. The smallest absolute Gasteiger partial charge is 0.223 e. The molecule has 1 aliphatic rings. The van der Waals surface area contributed by atoms with Gasteiger partial charge in [-0.2, -0.15) is 0 Å². The molecule has 6 heteroatoms. The summed E-state index contributed by atoms with van der Waals surface area (Å²) in [6.07, 6.45) is 1.88. The summed E-state index contributed by atoms with van der Waals surface area (Å²) in [4.78, 5) is 27.4. The Morgan fingerprint density at radius 3 is 2.53 bits per heavy atom. The SMILES string of the molecule is CC(=O)NC(Cc1cccc(C)c1)Oc1cc(C)ccc1CCC(=O)N1CCNCC1Cc1ccccc1. The van der Waals surface area contributed by atoms with Gasteiger partial charge in [-0.15, -0.1) is 0 Å². The normalized spacial score (nSPS) is 16.1. The first kappa shape index (κ1) is 27.4. The molecule has 0 radical (unpaired) electrons. The Bertz CT molecular complexity index is 1230. The van der Waals surface area contributed by atoms with Crippen molar-refractivity contribution < 1.29 is 14.3 Å².